The summed E-state index contributed by atoms with van der Waals surface area (Å²) in [6.45, 7) is 16.3. The van der Waals surface area contributed by atoms with Gasteiger partial charge in [0.25, 0.3) is 0 Å². The fourth-order valence-corrected chi connectivity index (χ4v) is 5.78. The molecule has 40 heavy (non-hydrogen) atoms. The third kappa shape index (κ3) is 6.28. The monoisotopic (exact) mass is 549 g/mol. The molecule has 5 nitrogen and oxygen atoms in total. The highest BCUT2D eigenvalue weighted by atomic mass is 32.1. The highest BCUT2D eigenvalue weighted by Gasteiger charge is 2.18. The molecule has 1 fully saturated rings. The molecule has 3 aromatic rings. The van der Waals surface area contributed by atoms with E-state index >= 15 is 0 Å². The van der Waals surface area contributed by atoms with Crippen molar-refractivity contribution in [1.29, 1.82) is 0 Å². The molecule has 1 aliphatic carbocycles. The largest absolute Gasteiger partial charge is 0.386 e. The molecule has 0 bridgehead atoms. The number of aryl methyl sites for hydroxylation is 1. The Balaban J connectivity index is 0.000000201. The van der Waals surface area contributed by atoms with E-state index < -0.39 is 0 Å². The average molecular weight is 550 g/mol. The summed E-state index contributed by atoms with van der Waals surface area (Å²) >= 11 is 1.55. The van der Waals surface area contributed by atoms with E-state index in [0.717, 1.165) is 94.9 Å². The number of terminal acetylenes is 1. The Morgan fingerprint density at radius 1 is 1.27 bits per heavy atom. The highest BCUT2D eigenvalue weighted by molar-refractivity contribution is 7.11. The number of likely N-dealkylation sites (tertiary alicyclic amines) is 1. The number of piperidine rings is 1. The molecule has 4 heterocycles. The number of thiazole rings is 1. The van der Waals surface area contributed by atoms with Crippen LogP contribution in [0.4, 0.5) is 0 Å². The number of aromatic nitrogens is 3. The lowest BCUT2D eigenvalue weighted by Gasteiger charge is -2.25. The van der Waals surface area contributed by atoms with Gasteiger partial charge in [-0.3, -0.25) is 4.98 Å². The van der Waals surface area contributed by atoms with Crippen LogP contribution in [0.5, 0.6) is 0 Å². The predicted molar refractivity (Wildman–Crippen MR) is 173 cm³/mol. The van der Waals surface area contributed by atoms with Gasteiger partial charge in [0.15, 0.2) is 0 Å². The van der Waals surface area contributed by atoms with Crippen LogP contribution in [0.1, 0.15) is 48.7 Å². The number of hydrogen-bond donors (Lipinski definition) is 2. The van der Waals surface area contributed by atoms with Gasteiger partial charge in [0.2, 0.25) is 0 Å². The lowest BCUT2D eigenvalue weighted by atomic mass is 9.91. The van der Waals surface area contributed by atoms with Gasteiger partial charge in [0.05, 0.1) is 11.2 Å². The van der Waals surface area contributed by atoms with Crippen LogP contribution in [0, 0.1) is 12.3 Å². The summed E-state index contributed by atoms with van der Waals surface area (Å²) in [4.78, 5) is 15.0. The zero-order valence-corrected chi connectivity index (χ0v) is 24.8. The number of aromatic amines is 1. The molecule has 0 amide bonds. The van der Waals surface area contributed by atoms with E-state index in [9.17, 15) is 0 Å². The molecule has 0 aromatic carbocycles. The van der Waals surface area contributed by atoms with Crippen LogP contribution < -0.4 is 5.32 Å². The van der Waals surface area contributed by atoms with Gasteiger partial charge in [-0.05, 0) is 55.9 Å². The minimum absolute atomic E-state index is 0.805. The van der Waals surface area contributed by atoms with Crippen molar-refractivity contribution >= 4 is 33.5 Å². The van der Waals surface area contributed by atoms with Gasteiger partial charge in [-0.2, -0.15) is 0 Å². The van der Waals surface area contributed by atoms with Crippen molar-refractivity contribution < 1.29 is 0 Å². The van der Waals surface area contributed by atoms with Gasteiger partial charge in [-0.25, -0.2) is 4.98 Å². The smallest absolute Gasteiger partial charge is 0.139 e. The second-order valence-corrected chi connectivity index (χ2v) is 10.9. The Kier molecular flexibility index (Phi) is 9.76. The van der Waals surface area contributed by atoms with Crippen LogP contribution in [0.15, 0.2) is 78.5 Å². The fourth-order valence-electron chi connectivity index (χ4n) is 5.00. The van der Waals surface area contributed by atoms with Gasteiger partial charge in [-0.1, -0.05) is 62.5 Å². The molecular formula is C34H39N5S. The molecule has 6 heteroatoms. The topological polar surface area (TPSA) is 56.8 Å². The number of nitrogens with zero attached hydrogens (tertiary/aromatic N) is 3. The first-order chi connectivity index (χ1) is 19.4. The number of pyridine rings is 1. The Morgan fingerprint density at radius 2 is 2.05 bits per heavy atom. The maximum absolute atomic E-state index is 5.67. The molecule has 0 atom stereocenters. The minimum Gasteiger partial charge on any atom is -0.386 e. The van der Waals surface area contributed by atoms with Gasteiger partial charge in [0.1, 0.15) is 16.4 Å². The molecule has 3 aromatic heterocycles. The summed E-state index contributed by atoms with van der Waals surface area (Å²) in [6, 6.07) is 0. The Labute approximate surface area is 242 Å². The molecule has 0 radical (unpaired) electrons. The first-order valence-corrected chi connectivity index (χ1v) is 14.7. The van der Waals surface area contributed by atoms with Crippen LogP contribution in [0.25, 0.3) is 33.6 Å². The number of fused-ring (bicyclic) bond motifs is 1. The van der Waals surface area contributed by atoms with Gasteiger partial charge >= 0.3 is 0 Å². The Morgan fingerprint density at radius 3 is 2.67 bits per heavy atom. The third-order valence-corrected chi connectivity index (χ3v) is 8.34. The molecule has 206 valence electrons. The van der Waals surface area contributed by atoms with E-state index in [2.05, 4.69) is 83.0 Å². The van der Waals surface area contributed by atoms with Crippen LogP contribution >= 0.6 is 11.3 Å². The molecule has 5 rings (SSSR count). The summed E-state index contributed by atoms with van der Waals surface area (Å²) in [6.07, 6.45) is 23.5. The molecule has 2 aliphatic rings. The van der Waals surface area contributed by atoms with Crippen molar-refractivity contribution in [3.05, 3.63) is 94.7 Å². The summed E-state index contributed by atoms with van der Waals surface area (Å²) in [5, 5.41) is 7.05. The van der Waals surface area contributed by atoms with Gasteiger partial charge < -0.3 is 15.2 Å². The first kappa shape index (κ1) is 29.1. The third-order valence-electron chi connectivity index (χ3n) is 7.44. The van der Waals surface area contributed by atoms with E-state index in [1.807, 2.05) is 24.8 Å². The Bertz CT molecular complexity index is 1540. The SMILES string of the molecule is C#CC(C1=CCCC=C1)=C1CCN(C)CC1.C=CC(=C)c1c[nH]c2c(-c3csc(C(=C)NC)n3)ncc(CC)c12. The molecule has 2 N–H and O–H groups in total. The number of hydrogen-bond acceptors (Lipinski definition) is 5. The normalized spacial score (nSPS) is 15.1. The lowest BCUT2D eigenvalue weighted by molar-refractivity contribution is 0.312. The molecule has 1 saturated heterocycles. The number of nitrogens with one attached hydrogen (secondary N) is 2. The zero-order chi connectivity index (χ0) is 28.6. The van der Waals surface area contributed by atoms with Crippen LogP contribution in [-0.4, -0.2) is 47.0 Å². The number of H-pyrrole nitrogens is 1. The summed E-state index contributed by atoms with van der Waals surface area (Å²) < 4.78 is 0. The van der Waals surface area contributed by atoms with Crippen molar-refractivity contribution in [2.24, 2.45) is 0 Å². The van der Waals surface area contributed by atoms with Crippen LogP contribution in [0.2, 0.25) is 0 Å². The summed E-state index contributed by atoms with van der Waals surface area (Å²) in [7, 11) is 4.01. The maximum Gasteiger partial charge on any atom is 0.139 e. The molecule has 1 aliphatic heterocycles. The molecule has 0 saturated carbocycles. The predicted octanol–water partition coefficient (Wildman–Crippen LogP) is 7.56. The van der Waals surface area contributed by atoms with E-state index in [-0.39, 0.29) is 0 Å². The van der Waals surface area contributed by atoms with Crippen molar-refractivity contribution in [2.75, 3.05) is 27.2 Å². The van der Waals surface area contributed by atoms with E-state index in [1.165, 1.54) is 16.7 Å². The average Bonchev–Trinajstić information content (AvgIpc) is 3.67. The first-order valence-electron chi connectivity index (χ1n) is 13.8. The lowest BCUT2D eigenvalue weighted by Crippen LogP contribution is -2.27. The van der Waals surface area contributed by atoms with Gasteiger partial charge in [-0.15, -0.1) is 17.8 Å². The van der Waals surface area contributed by atoms with Crippen LogP contribution in [-0.2, 0) is 6.42 Å². The quantitative estimate of drug-likeness (QED) is 0.236. The van der Waals surface area contributed by atoms with Crippen molar-refractivity contribution in [3.63, 3.8) is 0 Å². The van der Waals surface area contributed by atoms with E-state index in [0.29, 0.717) is 0 Å². The van der Waals surface area contributed by atoms with Crippen molar-refractivity contribution in [1.82, 2.24) is 25.2 Å². The molecule has 0 spiro atoms. The summed E-state index contributed by atoms with van der Waals surface area (Å²) in [5.74, 6) is 2.90. The summed E-state index contributed by atoms with van der Waals surface area (Å²) in [5.41, 5.74) is 10.5. The standard InChI is InChI=1S/C19H20N4S.C15H19N/c1-6-11(3)14-9-22-18-16(14)13(7-2)8-21-17(18)15-10-24-19(23-15)12(4)20-5;1-3-15(13-7-5-4-6-8-13)14-9-11-16(2)12-10-14/h6,8-10,20,22H,1,3-4,7H2,2,5H3;1,5,7-8H,4,6,9-12H2,2H3. The van der Waals surface area contributed by atoms with E-state index in [1.54, 1.807) is 17.4 Å². The maximum atomic E-state index is 5.67. The minimum atomic E-state index is 0.805. The number of allylic oxidation sites excluding steroid dienone is 7. The fraction of sp³-hybridized carbons (Fsp3) is 0.294. The van der Waals surface area contributed by atoms with E-state index in [4.69, 9.17) is 6.42 Å². The highest BCUT2D eigenvalue weighted by Crippen LogP contribution is 2.34. The molecular weight excluding hydrogens is 510 g/mol. The second kappa shape index (κ2) is 13.4. The second-order valence-electron chi connectivity index (χ2n) is 10.00. The molecule has 0 unspecified atom stereocenters. The number of rotatable bonds is 7. The van der Waals surface area contributed by atoms with Crippen molar-refractivity contribution in [3.8, 4) is 23.7 Å². The zero-order valence-electron chi connectivity index (χ0n) is 23.9. The van der Waals surface area contributed by atoms with Crippen LogP contribution in [0.3, 0.4) is 0 Å². The van der Waals surface area contributed by atoms with Crippen molar-refractivity contribution in [2.45, 2.75) is 39.0 Å². The Hall–Kier alpha value is -3.92. The van der Waals surface area contributed by atoms with Gasteiger partial charge in [0, 0.05) is 54.4 Å².